The Balaban J connectivity index is 1.92. The highest BCUT2D eigenvalue weighted by Gasteiger charge is 2.44. The number of alkyl halides is 3. The molecule has 2 aliphatic rings. The largest absolute Gasteiger partial charge is 0.493 e. The predicted molar refractivity (Wildman–Crippen MR) is 101 cm³/mol. The Hall–Kier alpha value is -3.04. The maximum atomic E-state index is 13.3. The number of ketones is 1. The van der Waals surface area contributed by atoms with E-state index in [-0.39, 0.29) is 23.6 Å². The monoisotopic (exact) mass is 422 g/mol. The summed E-state index contributed by atoms with van der Waals surface area (Å²) in [6.07, 6.45) is -3.92. The summed E-state index contributed by atoms with van der Waals surface area (Å²) in [6, 6.07) is 4.12. The molecule has 7 nitrogen and oxygen atoms in total. The van der Waals surface area contributed by atoms with Gasteiger partial charge in [0.2, 0.25) is 5.95 Å². The number of carbonyl (C=O) groups excluding carboxylic acids is 1. The van der Waals surface area contributed by atoms with Gasteiger partial charge in [0, 0.05) is 17.7 Å². The van der Waals surface area contributed by atoms with Gasteiger partial charge in [-0.05, 0) is 29.5 Å². The van der Waals surface area contributed by atoms with Crippen LogP contribution in [0, 0.1) is 5.41 Å². The fraction of sp³-hybridized carbons (Fsp3) is 0.450. The lowest BCUT2D eigenvalue weighted by Crippen LogP contribution is -2.36. The summed E-state index contributed by atoms with van der Waals surface area (Å²) in [5, 5.41) is 6.62. The number of benzene rings is 1. The lowest BCUT2D eigenvalue weighted by atomic mass is 9.73. The zero-order valence-corrected chi connectivity index (χ0v) is 16.9. The van der Waals surface area contributed by atoms with Crippen molar-refractivity contribution in [2.24, 2.45) is 5.41 Å². The summed E-state index contributed by atoms with van der Waals surface area (Å²) < 4.78 is 51.6. The molecule has 160 valence electrons. The van der Waals surface area contributed by atoms with E-state index in [0.717, 1.165) is 4.68 Å². The quantitative estimate of drug-likeness (QED) is 0.807. The van der Waals surface area contributed by atoms with Gasteiger partial charge in [-0.15, -0.1) is 5.10 Å². The molecule has 10 heteroatoms. The van der Waals surface area contributed by atoms with Crippen LogP contribution in [-0.2, 0) is 11.0 Å². The lowest BCUT2D eigenvalue weighted by molar-refractivity contribution is -0.145. The number of carbonyl (C=O) groups is 1. The van der Waals surface area contributed by atoms with Crippen LogP contribution >= 0.6 is 0 Å². The van der Waals surface area contributed by atoms with E-state index in [0.29, 0.717) is 34.8 Å². The molecule has 30 heavy (non-hydrogen) atoms. The summed E-state index contributed by atoms with van der Waals surface area (Å²) in [5.74, 6) is -0.580. The molecule has 4 rings (SSSR count). The number of rotatable bonds is 3. The van der Waals surface area contributed by atoms with Gasteiger partial charge in [0.15, 0.2) is 17.3 Å². The molecule has 0 saturated carbocycles. The van der Waals surface area contributed by atoms with E-state index in [1.165, 1.54) is 14.2 Å². The van der Waals surface area contributed by atoms with E-state index in [1.54, 1.807) is 18.2 Å². The fourth-order valence-corrected chi connectivity index (χ4v) is 4.06. The van der Waals surface area contributed by atoms with Crippen molar-refractivity contribution in [3.8, 4) is 11.5 Å². The minimum absolute atomic E-state index is 0.0497. The van der Waals surface area contributed by atoms with E-state index in [1.807, 2.05) is 13.8 Å². The van der Waals surface area contributed by atoms with E-state index in [4.69, 9.17) is 9.47 Å². The summed E-state index contributed by atoms with van der Waals surface area (Å²) in [5.41, 5.74) is 1.20. The first-order valence-corrected chi connectivity index (χ1v) is 9.33. The Morgan fingerprint density at radius 2 is 1.87 bits per heavy atom. The normalized spacial score (nSPS) is 20.4. The van der Waals surface area contributed by atoms with Gasteiger partial charge >= 0.3 is 6.18 Å². The van der Waals surface area contributed by atoms with Crippen molar-refractivity contribution in [3.63, 3.8) is 0 Å². The van der Waals surface area contributed by atoms with Crippen LogP contribution in [0.25, 0.3) is 0 Å². The molecule has 1 aliphatic heterocycles. The van der Waals surface area contributed by atoms with Crippen molar-refractivity contribution in [1.29, 1.82) is 0 Å². The van der Waals surface area contributed by atoms with Crippen molar-refractivity contribution in [2.75, 3.05) is 19.5 Å². The van der Waals surface area contributed by atoms with Gasteiger partial charge in [0.05, 0.1) is 14.2 Å². The molecule has 1 aromatic carbocycles. The molecule has 0 fully saturated rings. The molecule has 0 bridgehead atoms. The average Bonchev–Trinajstić information content (AvgIpc) is 3.09. The van der Waals surface area contributed by atoms with Crippen LogP contribution in [0.1, 0.15) is 44.1 Å². The van der Waals surface area contributed by atoms with Gasteiger partial charge < -0.3 is 14.8 Å². The highest BCUT2D eigenvalue weighted by atomic mass is 19.4. The predicted octanol–water partition coefficient (Wildman–Crippen LogP) is 3.97. The van der Waals surface area contributed by atoms with E-state index >= 15 is 0 Å². The number of methoxy groups -OCH3 is 2. The van der Waals surface area contributed by atoms with Crippen molar-refractivity contribution in [2.45, 2.75) is 38.9 Å². The third kappa shape index (κ3) is 3.29. The SMILES string of the molecule is COc1ccc(C2C3=C(CC(C)(C)CC3=O)Nc3nc(C(F)(F)F)nn32)cc1OC. The minimum atomic E-state index is -4.71. The zero-order valence-electron chi connectivity index (χ0n) is 16.9. The van der Waals surface area contributed by atoms with E-state index in [2.05, 4.69) is 15.4 Å². The first-order chi connectivity index (χ1) is 14.0. The van der Waals surface area contributed by atoms with Crippen LogP contribution in [0.5, 0.6) is 11.5 Å². The van der Waals surface area contributed by atoms with E-state index < -0.39 is 18.0 Å². The number of halogens is 3. The second-order valence-corrected chi connectivity index (χ2v) is 8.18. The first-order valence-electron chi connectivity index (χ1n) is 9.33. The summed E-state index contributed by atoms with van der Waals surface area (Å²) in [6.45, 7) is 3.89. The number of anilines is 1. The first kappa shape index (κ1) is 20.2. The van der Waals surface area contributed by atoms with Crippen LogP contribution in [0.3, 0.4) is 0 Å². The Labute approximate surface area is 170 Å². The van der Waals surface area contributed by atoms with Gasteiger partial charge in [-0.2, -0.15) is 18.2 Å². The Bertz CT molecular complexity index is 1060. The maximum absolute atomic E-state index is 13.3. The Morgan fingerprint density at radius 1 is 1.17 bits per heavy atom. The van der Waals surface area contributed by atoms with Crippen LogP contribution in [-0.4, -0.2) is 34.8 Å². The summed E-state index contributed by atoms with van der Waals surface area (Å²) >= 11 is 0. The fourth-order valence-electron chi connectivity index (χ4n) is 4.06. The number of aromatic nitrogens is 3. The number of hydrogen-bond acceptors (Lipinski definition) is 6. The molecule has 1 atom stereocenters. The minimum Gasteiger partial charge on any atom is -0.493 e. The highest BCUT2D eigenvalue weighted by Crippen LogP contribution is 2.46. The molecule has 0 saturated heterocycles. The second-order valence-electron chi connectivity index (χ2n) is 8.18. The number of hydrogen-bond donors (Lipinski definition) is 1. The smallest absolute Gasteiger partial charge is 0.453 e. The van der Waals surface area contributed by atoms with Crippen molar-refractivity contribution in [3.05, 3.63) is 40.9 Å². The lowest BCUT2D eigenvalue weighted by Gasteiger charge is -2.38. The number of nitrogens with one attached hydrogen (secondary N) is 1. The number of fused-ring (bicyclic) bond motifs is 1. The summed E-state index contributed by atoms with van der Waals surface area (Å²) in [7, 11) is 2.95. The third-order valence-corrected chi connectivity index (χ3v) is 5.31. The zero-order chi connectivity index (χ0) is 21.8. The van der Waals surface area contributed by atoms with Gasteiger partial charge in [-0.3, -0.25) is 4.79 Å². The van der Waals surface area contributed by atoms with Crippen LogP contribution in [0.4, 0.5) is 19.1 Å². The molecule has 0 spiro atoms. The standard InChI is InChI=1S/C20H21F3N4O3/c1-19(2)8-11-15(12(28)9-19)16(10-5-6-13(29-3)14(7-10)30-4)27-18(24-11)25-17(26-27)20(21,22)23/h5-7,16H,8-9H2,1-4H3,(H,24,25,26). The van der Waals surface area contributed by atoms with Gasteiger partial charge in [0.1, 0.15) is 6.04 Å². The maximum Gasteiger partial charge on any atom is 0.453 e. The van der Waals surface area contributed by atoms with Crippen LogP contribution in [0.2, 0.25) is 0 Å². The second kappa shape index (κ2) is 6.75. The topological polar surface area (TPSA) is 78.3 Å². The van der Waals surface area contributed by atoms with Gasteiger partial charge in [-0.25, -0.2) is 4.68 Å². The summed E-state index contributed by atoms with van der Waals surface area (Å²) in [4.78, 5) is 16.7. The van der Waals surface area contributed by atoms with Crippen molar-refractivity contribution >= 4 is 11.7 Å². The molecule has 2 heterocycles. The number of allylic oxidation sites excluding steroid dienone is 2. The molecule has 1 aromatic heterocycles. The Kier molecular flexibility index (Phi) is 4.55. The van der Waals surface area contributed by atoms with Crippen molar-refractivity contribution < 1.29 is 27.4 Å². The molecular formula is C20H21F3N4O3. The highest BCUT2D eigenvalue weighted by molar-refractivity contribution is 6.00. The molecule has 1 aliphatic carbocycles. The van der Waals surface area contributed by atoms with Crippen LogP contribution in [0.15, 0.2) is 29.5 Å². The molecule has 0 radical (unpaired) electrons. The van der Waals surface area contributed by atoms with Crippen molar-refractivity contribution in [1.82, 2.24) is 14.8 Å². The number of ether oxygens (including phenoxy) is 2. The van der Waals surface area contributed by atoms with Gasteiger partial charge in [-0.1, -0.05) is 19.9 Å². The Morgan fingerprint density at radius 3 is 2.50 bits per heavy atom. The number of nitrogens with zero attached hydrogens (tertiary/aromatic N) is 3. The van der Waals surface area contributed by atoms with Crippen LogP contribution < -0.4 is 14.8 Å². The van der Waals surface area contributed by atoms with E-state index in [9.17, 15) is 18.0 Å². The molecule has 1 N–H and O–H groups in total. The third-order valence-electron chi connectivity index (χ3n) is 5.31. The number of Topliss-reactive ketones (excluding diaryl/α,β-unsaturated/α-hetero) is 1. The molecule has 0 amide bonds. The van der Waals surface area contributed by atoms with Gasteiger partial charge in [0.25, 0.3) is 5.82 Å². The average molecular weight is 422 g/mol. The molecule has 2 aromatic rings. The molecular weight excluding hydrogens is 401 g/mol. The molecule has 1 unspecified atom stereocenters.